The maximum Gasteiger partial charge on any atom is 0.321 e. The lowest BCUT2D eigenvalue weighted by Gasteiger charge is -2.18. The third-order valence-corrected chi connectivity index (χ3v) is 3.28. The first-order valence-electron chi connectivity index (χ1n) is 6.07. The van der Waals surface area contributed by atoms with Crippen LogP contribution >= 0.6 is 23.2 Å². The molecule has 0 saturated carbocycles. The van der Waals surface area contributed by atoms with Crippen LogP contribution in [0.15, 0.2) is 48.5 Å². The molecule has 2 aromatic carbocycles. The van der Waals surface area contributed by atoms with Gasteiger partial charge in [0.2, 0.25) is 0 Å². The van der Waals surface area contributed by atoms with Gasteiger partial charge in [-0.2, -0.15) is 0 Å². The summed E-state index contributed by atoms with van der Waals surface area (Å²) in [6.45, 7) is 0.511. The Hall–Kier alpha value is -1.71. The number of amides is 2. The van der Waals surface area contributed by atoms with Gasteiger partial charge in [-0.15, -0.1) is 0 Å². The molecule has 0 aromatic heterocycles. The number of halogens is 2. The van der Waals surface area contributed by atoms with Gasteiger partial charge in [0.25, 0.3) is 0 Å². The fourth-order valence-electron chi connectivity index (χ4n) is 1.69. The van der Waals surface area contributed by atoms with Crippen LogP contribution in [0.2, 0.25) is 10.0 Å². The van der Waals surface area contributed by atoms with Crippen molar-refractivity contribution in [2.24, 2.45) is 0 Å². The summed E-state index contributed by atoms with van der Waals surface area (Å²) in [6.07, 6.45) is 0. The monoisotopic (exact) mass is 308 g/mol. The van der Waals surface area contributed by atoms with Gasteiger partial charge in [0, 0.05) is 29.3 Å². The molecule has 0 bridgehead atoms. The van der Waals surface area contributed by atoms with Gasteiger partial charge in [-0.05, 0) is 42.0 Å². The van der Waals surface area contributed by atoms with E-state index in [-0.39, 0.29) is 6.03 Å². The van der Waals surface area contributed by atoms with Gasteiger partial charge in [-0.3, -0.25) is 0 Å². The van der Waals surface area contributed by atoms with Gasteiger partial charge < -0.3 is 10.2 Å². The number of hydrogen-bond acceptors (Lipinski definition) is 1. The van der Waals surface area contributed by atoms with E-state index in [1.54, 1.807) is 36.2 Å². The smallest absolute Gasteiger partial charge is 0.321 e. The van der Waals surface area contributed by atoms with Crippen LogP contribution in [-0.2, 0) is 6.54 Å². The van der Waals surface area contributed by atoms with E-state index in [1.165, 1.54) is 0 Å². The number of rotatable bonds is 3. The standard InChI is InChI=1S/C15H14Cl2N2O/c1-19(10-11-2-4-12(16)5-3-11)15(20)18-14-8-6-13(17)7-9-14/h2-9H,10H2,1H3,(H,18,20). The third-order valence-electron chi connectivity index (χ3n) is 2.78. The first-order chi connectivity index (χ1) is 9.54. The van der Waals surface area contributed by atoms with Crippen LogP contribution < -0.4 is 5.32 Å². The SMILES string of the molecule is CN(Cc1ccc(Cl)cc1)C(=O)Nc1ccc(Cl)cc1. The third kappa shape index (κ3) is 4.15. The normalized spacial score (nSPS) is 10.2. The number of urea groups is 1. The molecule has 104 valence electrons. The highest BCUT2D eigenvalue weighted by atomic mass is 35.5. The summed E-state index contributed by atoms with van der Waals surface area (Å²) in [5.41, 5.74) is 1.73. The quantitative estimate of drug-likeness (QED) is 0.879. The molecule has 3 nitrogen and oxygen atoms in total. The minimum atomic E-state index is -0.178. The van der Waals surface area contributed by atoms with E-state index in [0.29, 0.717) is 22.3 Å². The van der Waals surface area contributed by atoms with Crippen molar-refractivity contribution >= 4 is 34.9 Å². The van der Waals surface area contributed by atoms with Crippen LogP contribution in [0.4, 0.5) is 10.5 Å². The van der Waals surface area contributed by atoms with Gasteiger partial charge in [0.05, 0.1) is 0 Å². The second-order valence-electron chi connectivity index (χ2n) is 4.42. The summed E-state index contributed by atoms with van der Waals surface area (Å²) in [7, 11) is 1.74. The highest BCUT2D eigenvalue weighted by molar-refractivity contribution is 6.30. The number of nitrogens with zero attached hydrogens (tertiary/aromatic N) is 1. The first-order valence-corrected chi connectivity index (χ1v) is 6.82. The van der Waals surface area contributed by atoms with Crippen LogP contribution in [0, 0.1) is 0 Å². The molecular weight excluding hydrogens is 295 g/mol. The summed E-state index contributed by atoms with van der Waals surface area (Å²) in [6, 6.07) is 14.2. The Labute approximate surface area is 128 Å². The van der Waals surface area contributed by atoms with Crippen LogP contribution in [0.25, 0.3) is 0 Å². The predicted octanol–water partition coefficient (Wildman–Crippen LogP) is 4.66. The maximum absolute atomic E-state index is 12.0. The zero-order valence-electron chi connectivity index (χ0n) is 10.9. The number of benzene rings is 2. The molecular formula is C15H14Cl2N2O. The lowest BCUT2D eigenvalue weighted by molar-refractivity contribution is 0.220. The van der Waals surface area contributed by atoms with Crippen molar-refractivity contribution in [2.75, 3.05) is 12.4 Å². The number of hydrogen-bond donors (Lipinski definition) is 1. The minimum absolute atomic E-state index is 0.178. The zero-order chi connectivity index (χ0) is 14.5. The molecule has 1 N–H and O–H groups in total. The molecule has 0 aliphatic heterocycles. The Morgan fingerprint density at radius 3 is 2.05 bits per heavy atom. The Balaban J connectivity index is 1.94. The van der Waals surface area contributed by atoms with Gasteiger partial charge in [-0.25, -0.2) is 4.79 Å². The molecule has 5 heteroatoms. The average Bonchev–Trinajstić information content (AvgIpc) is 2.44. The molecule has 20 heavy (non-hydrogen) atoms. The lowest BCUT2D eigenvalue weighted by Crippen LogP contribution is -2.30. The van der Waals surface area contributed by atoms with Crippen LogP contribution in [0.3, 0.4) is 0 Å². The maximum atomic E-state index is 12.0. The van der Waals surface area contributed by atoms with Crippen molar-refractivity contribution in [3.63, 3.8) is 0 Å². The lowest BCUT2D eigenvalue weighted by atomic mass is 10.2. The molecule has 2 rings (SSSR count). The van der Waals surface area contributed by atoms with Crippen LogP contribution in [0.1, 0.15) is 5.56 Å². The Morgan fingerprint density at radius 1 is 1.00 bits per heavy atom. The number of carbonyl (C=O) groups excluding carboxylic acids is 1. The largest absolute Gasteiger partial charge is 0.323 e. The van der Waals surface area contributed by atoms with Gasteiger partial charge in [0.1, 0.15) is 0 Å². The fourth-order valence-corrected chi connectivity index (χ4v) is 1.94. The second kappa shape index (κ2) is 6.64. The summed E-state index contributed by atoms with van der Waals surface area (Å²) in [5.74, 6) is 0. The molecule has 0 fully saturated rings. The molecule has 0 heterocycles. The van der Waals surface area contributed by atoms with Crippen LogP contribution in [0.5, 0.6) is 0 Å². The van der Waals surface area contributed by atoms with E-state index in [2.05, 4.69) is 5.32 Å². The fraction of sp³-hybridized carbons (Fsp3) is 0.133. The Bertz CT molecular complexity index is 582. The topological polar surface area (TPSA) is 32.3 Å². The molecule has 0 atom stereocenters. The summed E-state index contributed by atoms with van der Waals surface area (Å²) >= 11 is 11.6. The minimum Gasteiger partial charge on any atom is -0.323 e. The van der Waals surface area contributed by atoms with Crippen molar-refractivity contribution in [3.8, 4) is 0 Å². The molecule has 0 radical (unpaired) electrons. The van der Waals surface area contributed by atoms with Gasteiger partial charge in [-0.1, -0.05) is 35.3 Å². The highest BCUT2D eigenvalue weighted by Gasteiger charge is 2.09. The average molecular weight is 309 g/mol. The number of carbonyl (C=O) groups is 1. The number of anilines is 1. The van der Waals surface area contributed by atoms with E-state index in [9.17, 15) is 4.79 Å². The first kappa shape index (κ1) is 14.7. The van der Waals surface area contributed by atoms with E-state index in [4.69, 9.17) is 23.2 Å². The van der Waals surface area contributed by atoms with E-state index in [1.807, 2.05) is 24.3 Å². The van der Waals surface area contributed by atoms with E-state index < -0.39 is 0 Å². The van der Waals surface area contributed by atoms with Crippen molar-refractivity contribution in [2.45, 2.75) is 6.54 Å². The van der Waals surface area contributed by atoms with E-state index >= 15 is 0 Å². The van der Waals surface area contributed by atoms with Crippen molar-refractivity contribution in [1.82, 2.24) is 4.90 Å². The molecule has 2 amide bonds. The van der Waals surface area contributed by atoms with Gasteiger partial charge in [0.15, 0.2) is 0 Å². The summed E-state index contributed by atoms with van der Waals surface area (Å²) in [5, 5.41) is 4.12. The molecule has 0 aliphatic rings. The molecule has 0 spiro atoms. The van der Waals surface area contributed by atoms with Crippen LogP contribution in [-0.4, -0.2) is 18.0 Å². The molecule has 2 aromatic rings. The van der Waals surface area contributed by atoms with Crippen molar-refractivity contribution in [1.29, 1.82) is 0 Å². The van der Waals surface area contributed by atoms with Crippen molar-refractivity contribution in [3.05, 3.63) is 64.1 Å². The van der Waals surface area contributed by atoms with E-state index in [0.717, 1.165) is 5.56 Å². The second-order valence-corrected chi connectivity index (χ2v) is 5.29. The highest BCUT2D eigenvalue weighted by Crippen LogP contribution is 2.15. The molecule has 0 aliphatic carbocycles. The predicted molar refractivity (Wildman–Crippen MR) is 83.4 cm³/mol. The Kier molecular flexibility index (Phi) is 4.88. The zero-order valence-corrected chi connectivity index (χ0v) is 12.4. The molecule has 0 saturated heterocycles. The number of nitrogens with one attached hydrogen (secondary N) is 1. The van der Waals surface area contributed by atoms with Crippen molar-refractivity contribution < 1.29 is 4.79 Å². The Morgan fingerprint density at radius 2 is 1.50 bits per heavy atom. The van der Waals surface area contributed by atoms with Gasteiger partial charge >= 0.3 is 6.03 Å². The summed E-state index contributed by atoms with van der Waals surface area (Å²) in [4.78, 5) is 13.6. The summed E-state index contributed by atoms with van der Waals surface area (Å²) < 4.78 is 0. The molecule has 0 unspecified atom stereocenters.